The molecule has 1 N–H and O–H groups in total. The number of aromatic nitrogens is 1. The molecule has 0 spiro atoms. The van der Waals surface area contributed by atoms with Crippen LogP contribution in [0.4, 0.5) is 11.4 Å². The van der Waals surface area contributed by atoms with Gasteiger partial charge in [-0.05, 0) is 55.9 Å². The van der Waals surface area contributed by atoms with Crippen molar-refractivity contribution in [2.24, 2.45) is 0 Å². The van der Waals surface area contributed by atoms with E-state index in [1.54, 1.807) is 16.8 Å². The van der Waals surface area contributed by atoms with Crippen molar-refractivity contribution in [3.8, 4) is 0 Å². The molecule has 1 fully saturated rings. The first-order valence-corrected chi connectivity index (χ1v) is 9.67. The molecule has 2 aromatic carbocycles. The standard InChI is InChI=1S/C20H22N4OS/c1-14-11-16(24-9-7-23(2)8-10-24)4-6-17(14)22-20(25)15-3-5-18-19(12-15)26-13-21-18/h3-6,11-13H,7-10H2,1-2H3,(H,22,25). The van der Waals surface area contributed by atoms with Crippen LogP contribution in [-0.2, 0) is 0 Å². The molecule has 1 saturated heterocycles. The first kappa shape index (κ1) is 17.0. The van der Waals surface area contributed by atoms with E-state index < -0.39 is 0 Å². The van der Waals surface area contributed by atoms with E-state index in [1.165, 1.54) is 5.69 Å². The van der Waals surface area contributed by atoms with E-state index in [2.05, 4.69) is 39.3 Å². The second-order valence-corrected chi connectivity index (χ2v) is 7.66. The molecule has 0 aliphatic carbocycles. The van der Waals surface area contributed by atoms with Crippen LogP contribution in [0.25, 0.3) is 10.2 Å². The smallest absolute Gasteiger partial charge is 0.255 e. The highest BCUT2D eigenvalue weighted by Gasteiger charge is 2.15. The Morgan fingerprint density at radius 2 is 1.92 bits per heavy atom. The van der Waals surface area contributed by atoms with Gasteiger partial charge in [0.1, 0.15) is 0 Å². The van der Waals surface area contributed by atoms with Crippen LogP contribution >= 0.6 is 11.3 Å². The first-order chi connectivity index (χ1) is 12.6. The lowest BCUT2D eigenvalue weighted by molar-refractivity contribution is 0.102. The molecule has 1 aromatic heterocycles. The highest BCUT2D eigenvalue weighted by Crippen LogP contribution is 2.25. The minimum atomic E-state index is -0.0873. The first-order valence-electron chi connectivity index (χ1n) is 8.79. The van der Waals surface area contributed by atoms with Crippen LogP contribution in [0, 0.1) is 6.92 Å². The number of carbonyl (C=O) groups excluding carboxylic acids is 1. The van der Waals surface area contributed by atoms with E-state index in [1.807, 2.05) is 31.2 Å². The quantitative estimate of drug-likeness (QED) is 0.769. The van der Waals surface area contributed by atoms with Crippen molar-refractivity contribution >= 4 is 38.8 Å². The zero-order chi connectivity index (χ0) is 18.1. The number of thiazole rings is 1. The second-order valence-electron chi connectivity index (χ2n) is 6.78. The molecule has 0 bridgehead atoms. The van der Waals surface area contributed by atoms with Crippen molar-refractivity contribution < 1.29 is 4.79 Å². The Morgan fingerprint density at radius 1 is 1.12 bits per heavy atom. The Labute approximate surface area is 157 Å². The summed E-state index contributed by atoms with van der Waals surface area (Å²) in [5, 5.41) is 3.04. The highest BCUT2D eigenvalue weighted by molar-refractivity contribution is 7.16. The van der Waals surface area contributed by atoms with E-state index in [-0.39, 0.29) is 5.91 Å². The van der Waals surface area contributed by atoms with E-state index in [0.29, 0.717) is 5.56 Å². The fourth-order valence-corrected chi connectivity index (χ4v) is 3.96. The molecule has 6 heteroatoms. The zero-order valence-corrected chi connectivity index (χ0v) is 15.8. The Balaban J connectivity index is 1.49. The van der Waals surface area contributed by atoms with Crippen LogP contribution in [-0.4, -0.2) is 49.0 Å². The van der Waals surface area contributed by atoms with Gasteiger partial charge in [-0.1, -0.05) is 0 Å². The largest absolute Gasteiger partial charge is 0.369 e. The van der Waals surface area contributed by atoms with Gasteiger partial charge >= 0.3 is 0 Å². The van der Waals surface area contributed by atoms with Gasteiger partial charge < -0.3 is 15.1 Å². The molecule has 1 aliphatic heterocycles. The van der Waals surface area contributed by atoms with Gasteiger partial charge in [0.25, 0.3) is 5.91 Å². The van der Waals surface area contributed by atoms with Gasteiger partial charge in [0.05, 0.1) is 15.7 Å². The minimum Gasteiger partial charge on any atom is -0.369 e. The van der Waals surface area contributed by atoms with E-state index >= 15 is 0 Å². The summed E-state index contributed by atoms with van der Waals surface area (Å²) in [6.45, 7) is 6.28. The summed E-state index contributed by atoms with van der Waals surface area (Å²) in [6, 6.07) is 11.9. The SMILES string of the molecule is Cc1cc(N2CCN(C)CC2)ccc1NC(=O)c1ccc2ncsc2c1. The van der Waals surface area contributed by atoms with Crippen LogP contribution in [0.2, 0.25) is 0 Å². The molecule has 0 saturated carbocycles. The third-order valence-corrected chi connectivity index (χ3v) is 5.71. The summed E-state index contributed by atoms with van der Waals surface area (Å²) in [5.41, 5.74) is 6.54. The monoisotopic (exact) mass is 366 g/mol. The maximum absolute atomic E-state index is 12.6. The number of aryl methyl sites for hydroxylation is 1. The van der Waals surface area contributed by atoms with Crippen molar-refractivity contribution in [1.82, 2.24) is 9.88 Å². The summed E-state index contributed by atoms with van der Waals surface area (Å²) in [5.74, 6) is -0.0873. The predicted octanol–water partition coefficient (Wildman–Crippen LogP) is 3.61. The zero-order valence-electron chi connectivity index (χ0n) is 15.0. The molecule has 0 atom stereocenters. The topological polar surface area (TPSA) is 48.5 Å². The van der Waals surface area contributed by atoms with Crippen molar-refractivity contribution in [3.63, 3.8) is 0 Å². The van der Waals surface area contributed by atoms with E-state index in [0.717, 1.165) is 47.6 Å². The van der Waals surface area contributed by atoms with E-state index in [9.17, 15) is 4.79 Å². The lowest BCUT2D eigenvalue weighted by Crippen LogP contribution is -2.44. The fraction of sp³-hybridized carbons (Fsp3) is 0.300. The van der Waals surface area contributed by atoms with Crippen LogP contribution in [0.15, 0.2) is 41.9 Å². The Bertz CT molecular complexity index is 944. The van der Waals surface area contributed by atoms with Crippen molar-refractivity contribution in [3.05, 3.63) is 53.0 Å². The molecular formula is C20H22N4OS. The van der Waals surface area contributed by atoms with Gasteiger partial charge in [-0.15, -0.1) is 11.3 Å². The Kier molecular flexibility index (Phi) is 4.61. The summed E-state index contributed by atoms with van der Waals surface area (Å²) in [6.07, 6.45) is 0. The molecule has 5 nitrogen and oxygen atoms in total. The van der Waals surface area contributed by atoms with E-state index in [4.69, 9.17) is 0 Å². The van der Waals surface area contributed by atoms with Gasteiger partial charge in [0.15, 0.2) is 0 Å². The summed E-state index contributed by atoms with van der Waals surface area (Å²) < 4.78 is 1.03. The third-order valence-electron chi connectivity index (χ3n) is 4.92. The predicted molar refractivity (Wildman–Crippen MR) is 108 cm³/mol. The highest BCUT2D eigenvalue weighted by atomic mass is 32.1. The molecule has 3 aromatic rings. The van der Waals surface area contributed by atoms with Crippen LogP contribution in [0.3, 0.4) is 0 Å². The number of rotatable bonds is 3. The molecule has 0 unspecified atom stereocenters. The van der Waals surface area contributed by atoms with Crippen LogP contribution in [0.5, 0.6) is 0 Å². The number of hydrogen-bond acceptors (Lipinski definition) is 5. The normalized spacial score (nSPS) is 15.4. The molecule has 1 amide bonds. The van der Waals surface area contributed by atoms with Crippen molar-refractivity contribution in [2.75, 3.05) is 43.4 Å². The molecule has 0 radical (unpaired) electrons. The number of nitrogens with one attached hydrogen (secondary N) is 1. The van der Waals surface area contributed by atoms with Gasteiger partial charge in [-0.3, -0.25) is 4.79 Å². The number of anilines is 2. The maximum atomic E-state index is 12.6. The number of amides is 1. The number of benzene rings is 2. The number of hydrogen-bond donors (Lipinski definition) is 1. The lowest BCUT2D eigenvalue weighted by atomic mass is 10.1. The van der Waals surface area contributed by atoms with Crippen LogP contribution in [0.1, 0.15) is 15.9 Å². The fourth-order valence-electron chi connectivity index (χ4n) is 3.24. The minimum absolute atomic E-state index is 0.0873. The Morgan fingerprint density at radius 3 is 2.69 bits per heavy atom. The number of piperazine rings is 1. The van der Waals surface area contributed by atoms with Crippen LogP contribution < -0.4 is 10.2 Å². The lowest BCUT2D eigenvalue weighted by Gasteiger charge is -2.34. The molecule has 26 heavy (non-hydrogen) atoms. The number of fused-ring (bicyclic) bond motifs is 1. The average molecular weight is 366 g/mol. The van der Waals surface area contributed by atoms with Gasteiger partial charge in [0, 0.05) is 43.1 Å². The van der Waals surface area contributed by atoms with Crippen molar-refractivity contribution in [1.29, 1.82) is 0 Å². The molecule has 134 valence electrons. The van der Waals surface area contributed by atoms with Gasteiger partial charge in [-0.25, -0.2) is 4.98 Å². The molecule has 2 heterocycles. The average Bonchev–Trinajstić information content (AvgIpc) is 3.11. The number of likely N-dealkylation sites (N-methyl/N-ethyl adjacent to an activating group) is 1. The number of carbonyl (C=O) groups is 1. The number of nitrogens with zero attached hydrogens (tertiary/aromatic N) is 3. The molecule has 1 aliphatic rings. The summed E-state index contributed by atoms with van der Waals surface area (Å²) in [4.78, 5) is 21.6. The second kappa shape index (κ2) is 7.05. The van der Waals surface area contributed by atoms with Gasteiger partial charge in [0.2, 0.25) is 0 Å². The van der Waals surface area contributed by atoms with Crippen molar-refractivity contribution in [2.45, 2.75) is 6.92 Å². The Hall–Kier alpha value is -2.44. The summed E-state index contributed by atoms with van der Waals surface area (Å²) >= 11 is 1.55. The third kappa shape index (κ3) is 3.43. The molecular weight excluding hydrogens is 344 g/mol. The van der Waals surface area contributed by atoms with Gasteiger partial charge in [-0.2, -0.15) is 0 Å². The maximum Gasteiger partial charge on any atom is 0.255 e. The summed E-state index contributed by atoms with van der Waals surface area (Å²) in [7, 11) is 2.16. The molecule has 4 rings (SSSR count).